The standard InChI is InChI=1S/C22H25BrN2OS/c1-2-26-20-9-8-16(23)14-18(20)22(25-12-5-10-24-11-13-25)19-15-27-21-7-4-3-6-17(19)21/h3-4,6-9,14-15,22,24H,2,5,10-13H2,1H3. The van der Waals surface area contributed by atoms with Crippen molar-refractivity contribution in [2.75, 3.05) is 32.8 Å². The largest absolute Gasteiger partial charge is 0.494 e. The van der Waals surface area contributed by atoms with E-state index in [1.807, 2.05) is 11.3 Å². The minimum atomic E-state index is 0.195. The van der Waals surface area contributed by atoms with Gasteiger partial charge in [0, 0.05) is 34.4 Å². The Kier molecular flexibility index (Phi) is 6.13. The zero-order chi connectivity index (χ0) is 18.6. The molecule has 3 aromatic rings. The first-order valence-electron chi connectivity index (χ1n) is 9.61. The lowest BCUT2D eigenvalue weighted by molar-refractivity contribution is 0.234. The molecule has 142 valence electrons. The molecule has 0 saturated carbocycles. The second kappa shape index (κ2) is 8.74. The van der Waals surface area contributed by atoms with Gasteiger partial charge in [-0.05, 0) is 60.5 Å². The Morgan fingerprint density at radius 1 is 1.15 bits per heavy atom. The van der Waals surface area contributed by atoms with Crippen molar-refractivity contribution in [2.45, 2.75) is 19.4 Å². The summed E-state index contributed by atoms with van der Waals surface area (Å²) in [5, 5.41) is 7.23. The Morgan fingerprint density at radius 3 is 2.93 bits per heavy atom. The number of hydrogen-bond acceptors (Lipinski definition) is 4. The number of halogens is 1. The van der Waals surface area contributed by atoms with Crippen molar-refractivity contribution >= 4 is 37.4 Å². The number of nitrogens with zero attached hydrogens (tertiary/aromatic N) is 1. The van der Waals surface area contributed by atoms with Crippen molar-refractivity contribution in [3.8, 4) is 5.75 Å². The first kappa shape index (κ1) is 18.9. The smallest absolute Gasteiger partial charge is 0.124 e. The van der Waals surface area contributed by atoms with Gasteiger partial charge in [0.15, 0.2) is 0 Å². The van der Waals surface area contributed by atoms with Gasteiger partial charge >= 0.3 is 0 Å². The summed E-state index contributed by atoms with van der Waals surface area (Å²) in [6.07, 6.45) is 1.16. The molecule has 1 N–H and O–H groups in total. The molecule has 1 unspecified atom stereocenters. The van der Waals surface area contributed by atoms with Crippen LogP contribution in [0.4, 0.5) is 0 Å². The number of fused-ring (bicyclic) bond motifs is 1. The fraction of sp³-hybridized carbons (Fsp3) is 0.364. The fourth-order valence-corrected chi connectivity index (χ4v) is 5.27. The molecule has 1 aromatic heterocycles. The third kappa shape index (κ3) is 4.06. The molecule has 1 fully saturated rings. The molecular formula is C22H25BrN2OS. The zero-order valence-electron chi connectivity index (χ0n) is 15.6. The van der Waals surface area contributed by atoms with Gasteiger partial charge in [0.25, 0.3) is 0 Å². The molecule has 0 radical (unpaired) electrons. The number of nitrogens with one attached hydrogen (secondary N) is 1. The number of hydrogen-bond donors (Lipinski definition) is 1. The molecule has 1 aliphatic heterocycles. The molecule has 4 rings (SSSR count). The van der Waals surface area contributed by atoms with Gasteiger partial charge in [-0.3, -0.25) is 4.90 Å². The lowest BCUT2D eigenvalue weighted by atomic mass is 9.95. The minimum Gasteiger partial charge on any atom is -0.494 e. The summed E-state index contributed by atoms with van der Waals surface area (Å²) in [5.74, 6) is 0.984. The number of rotatable bonds is 5. The van der Waals surface area contributed by atoms with Gasteiger partial charge in [0.1, 0.15) is 5.75 Å². The summed E-state index contributed by atoms with van der Waals surface area (Å²) in [6.45, 7) is 6.96. The van der Waals surface area contributed by atoms with Gasteiger partial charge in [0.05, 0.1) is 12.6 Å². The van der Waals surface area contributed by atoms with Gasteiger partial charge < -0.3 is 10.1 Å². The van der Waals surface area contributed by atoms with E-state index in [1.165, 1.54) is 21.2 Å². The quantitative estimate of drug-likeness (QED) is 0.566. The van der Waals surface area contributed by atoms with Gasteiger partial charge in [0.2, 0.25) is 0 Å². The van der Waals surface area contributed by atoms with Gasteiger partial charge in [-0.15, -0.1) is 11.3 Å². The lowest BCUT2D eigenvalue weighted by Gasteiger charge is -2.32. The normalized spacial score (nSPS) is 17.0. The Bertz CT molecular complexity index is 902. The molecule has 1 saturated heterocycles. The van der Waals surface area contributed by atoms with Crippen LogP contribution >= 0.6 is 27.3 Å². The van der Waals surface area contributed by atoms with E-state index >= 15 is 0 Å². The molecule has 1 aliphatic rings. The van der Waals surface area contributed by atoms with Crippen molar-refractivity contribution < 1.29 is 4.74 Å². The highest BCUT2D eigenvalue weighted by atomic mass is 79.9. The highest BCUT2D eigenvalue weighted by molar-refractivity contribution is 9.10. The third-order valence-corrected chi connectivity index (χ3v) is 6.59. The van der Waals surface area contributed by atoms with E-state index in [-0.39, 0.29) is 6.04 Å². The van der Waals surface area contributed by atoms with Crippen LogP contribution in [-0.2, 0) is 0 Å². The van der Waals surface area contributed by atoms with E-state index in [4.69, 9.17) is 4.74 Å². The monoisotopic (exact) mass is 444 g/mol. The molecule has 2 aromatic carbocycles. The summed E-state index contributed by atoms with van der Waals surface area (Å²) in [5.41, 5.74) is 2.63. The van der Waals surface area contributed by atoms with E-state index in [1.54, 1.807) is 0 Å². The van der Waals surface area contributed by atoms with Crippen molar-refractivity contribution in [1.82, 2.24) is 10.2 Å². The average Bonchev–Trinajstić information content (AvgIpc) is 2.91. The lowest BCUT2D eigenvalue weighted by Crippen LogP contribution is -2.33. The minimum absolute atomic E-state index is 0.195. The molecule has 5 heteroatoms. The number of ether oxygens (including phenoxy) is 1. The van der Waals surface area contributed by atoms with E-state index in [9.17, 15) is 0 Å². The molecule has 0 amide bonds. The Morgan fingerprint density at radius 2 is 2.04 bits per heavy atom. The highest BCUT2D eigenvalue weighted by Gasteiger charge is 2.28. The topological polar surface area (TPSA) is 24.5 Å². The van der Waals surface area contributed by atoms with Crippen LogP contribution in [0.5, 0.6) is 5.75 Å². The summed E-state index contributed by atoms with van der Waals surface area (Å²) >= 11 is 5.52. The maximum absolute atomic E-state index is 6.05. The van der Waals surface area contributed by atoms with Crippen LogP contribution in [0.2, 0.25) is 0 Å². The SMILES string of the molecule is CCOc1ccc(Br)cc1C(c1csc2ccccc12)N1CCCNCC1. The van der Waals surface area contributed by atoms with Crippen LogP contribution in [0, 0.1) is 0 Å². The predicted molar refractivity (Wildman–Crippen MR) is 118 cm³/mol. The molecular weight excluding hydrogens is 420 g/mol. The summed E-state index contributed by atoms with van der Waals surface area (Å²) in [7, 11) is 0. The maximum Gasteiger partial charge on any atom is 0.124 e. The predicted octanol–water partition coefficient (Wildman–Crippen LogP) is 5.45. The van der Waals surface area contributed by atoms with Crippen molar-refractivity contribution in [1.29, 1.82) is 0 Å². The van der Waals surface area contributed by atoms with E-state index < -0.39 is 0 Å². The Labute approximate surface area is 173 Å². The highest BCUT2D eigenvalue weighted by Crippen LogP contribution is 2.41. The molecule has 27 heavy (non-hydrogen) atoms. The first-order chi connectivity index (χ1) is 13.3. The van der Waals surface area contributed by atoms with Crippen LogP contribution in [-0.4, -0.2) is 37.7 Å². The molecule has 0 spiro atoms. The van der Waals surface area contributed by atoms with Gasteiger partial charge in [-0.2, -0.15) is 0 Å². The van der Waals surface area contributed by atoms with Gasteiger partial charge in [-0.1, -0.05) is 34.1 Å². The van der Waals surface area contributed by atoms with Crippen molar-refractivity contribution in [3.63, 3.8) is 0 Å². The van der Waals surface area contributed by atoms with E-state index in [0.29, 0.717) is 6.61 Å². The summed E-state index contributed by atoms with van der Waals surface area (Å²) in [6, 6.07) is 15.3. The van der Waals surface area contributed by atoms with Crippen LogP contribution in [0.25, 0.3) is 10.1 Å². The van der Waals surface area contributed by atoms with Crippen LogP contribution in [0.3, 0.4) is 0 Å². The number of benzene rings is 2. The fourth-order valence-electron chi connectivity index (χ4n) is 3.92. The average molecular weight is 445 g/mol. The zero-order valence-corrected chi connectivity index (χ0v) is 18.0. The second-order valence-electron chi connectivity index (χ2n) is 6.84. The molecule has 1 atom stereocenters. The van der Waals surface area contributed by atoms with Crippen LogP contribution in [0.1, 0.15) is 30.5 Å². The first-order valence-corrected chi connectivity index (χ1v) is 11.3. The van der Waals surface area contributed by atoms with Crippen LogP contribution in [0.15, 0.2) is 52.3 Å². The molecule has 0 aliphatic carbocycles. The van der Waals surface area contributed by atoms with E-state index in [0.717, 1.165) is 42.8 Å². The maximum atomic E-state index is 6.05. The molecule has 2 heterocycles. The van der Waals surface area contributed by atoms with E-state index in [2.05, 4.69) is 80.9 Å². The Balaban J connectivity index is 1.87. The molecule has 0 bridgehead atoms. The van der Waals surface area contributed by atoms with Crippen molar-refractivity contribution in [2.24, 2.45) is 0 Å². The Hall–Kier alpha value is -1.40. The van der Waals surface area contributed by atoms with Crippen molar-refractivity contribution in [3.05, 3.63) is 63.4 Å². The van der Waals surface area contributed by atoms with Gasteiger partial charge in [-0.25, -0.2) is 0 Å². The molecule has 3 nitrogen and oxygen atoms in total. The summed E-state index contributed by atoms with van der Waals surface area (Å²) < 4.78 is 8.49. The third-order valence-electron chi connectivity index (χ3n) is 5.11. The summed E-state index contributed by atoms with van der Waals surface area (Å²) in [4.78, 5) is 2.61. The van der Waals surface area contributed by atoms with Crippen LogP contribution < -0.4 is 10.1 Å². The second-order valence-corrected chi connectivity index (χ2v) is 8.67. The number of thiophene rings is 1.